The first kappa shape index (κ1) is 10.9. The summed E-state index contributed by atoms with van der Waals surface area (Å²) in [6, 6.07) is 1.46. The zero-order valence-electron chi connectivity index (χ0n) is 6.76. The molecule has 5 heteroatoms. The fourth-order valence-electron chi connectivity index (χ4n) is 1.21. The van der Waals surface area contributed by atoms with Crippen molar-refractivity contribution in [2.75, 3.05) is 13.1 Å². The van der Waals surface area contributed by atoms with E-state index in [1.165, 1.54) is 12.3 Å². The topological polar surface area (TPSA) is 24.9 Å². The highest BCUT2D eigenvalue weighted by Crippen LogP contribution is 2.25. The number of nitrogens with zero attached hydrogens (tertiary/aromatic N) is 1. The van der Waals surface area contributed by atoms with Crippen molar-refractivity contribution in [1.82, 2.24) is 10.3 Å². The van der Waals surface area contributed by atoms with Crippen LogP contribution in [0.4, 0.5) is 4.39 Å². The minimum atomic E-state index is -0.294. The molecule has 1 fully saturated rings. The molecule has 72 valence electrons. The Morgan fingerprint density at radius 1 is 1.54 bits per heavy atom. The molecule has 0 aromatic carbocycles. The van der Waals surface area contributed by atoms with E-state index in [4.69, 9.17) is 0 Å². The van der Waals surface area contributed by atoms with Gasteiger partial charge in [0.2, 0.25) is 0 Å². The Labute approximate surface area is 90.5 Å². The average molecular weight is 268 g/mol. The molecule has 1 aliphatic rings. The van der Waals surface area contributed by atoms with Crippen LogP contribution in [0.1, 0.15) is 11.6 Å². The second kappa shape index (κ2) is 4.35. The molecule has 0 bridgehead atoms. The number of rotatable bonds is 1. The van der Waals surface area contributed by atoms with E-state index in [1.807, 2.05) is 0 Å². The summed E-state index contributed by atoms with van der Waals surface area (Å²) in [6.07, 6.45) is 1.26. The van der Waals surface area contributed by atoms with Crippen LogP contribution in [-0.4, -0.2) is 18.1 Å². The molecule has 0 unspecified atom stereocenters. The van der Waals surface area contributed by atoms with Gasteiger partial charge in [0.25, 0.3) is 0 Å². The second-order valence-corrected chi connectivity index (χ2v) is 3.73. The minimum absolute atomic E-state index is 0. The number of pyridine rings is 1. The van der Waals surface area contributed by atoms with Crippen molar-refractivity contribution in [1.29, 1.82) is 0 Å². The number of hydrogen-bond acceptors (Lipinski definition) is 2. The largest absolute Gasteiger partial charge is 0.315 e. The fourth-order valence-corrected chi connectivity index (χ4v) is 1.85. The van der Waals surface area contributed by atoms with Crippen molar-refractivity contribution in [3.8, 4) is 0 Å². The molecular weight excluding hydrogens is 258 g/mol. The van der Waals surface area contributed by atoms with Crippen LogP contribution in [-0.2, 0) is 0 Å². The Bertz CT molecular complexity index is 304. The lowest BCUT2D eigenvalue weighted by Crippen LogP contribution is -2.40. The van der Waals surface area contributed by atoms with Gasteiger partial charge in [0.1, 0.15) is 5.82 Å². The van der Waals surface area contributed by atoms with Gasteiger partial charge in [-0.15, -0.1) is 12.4 Å². The lowest BCUT2D eigenvalue weighted by molar-refractivity contribution is 0.437. The average Bonchev–Trinajstić information content (AvgIpc) is 1.91. The summed E-state index contributed by atoms with van der Waals surface area (Å²) in [7, 11) is 0. The fraction of sp³-hybridized carbons (Fsp3) is 0.375. The highest BCUT2D eigenvalue weighted by Gasteiger charge is 2.22. The molecule has 2 nitrogen and oxygen atoms in total. The van der Waals surface area contributed by atoms with Crippen LogP contribution in [0.2, 0.25) is 0 Å². The molecule has 1 aromatic heterocycles. The predicted octanol–water partition coefficient (Wildman–Crippen LogP) is 2.09. The number of nitrogens with one attached hydrogen (secondary N) is 1. The van der Waals surface area contributed by atoms with Gasteiger partial charge >= 0.3 is 0 Å². The maximum absolute atomic E-state index is 12.6. The van der Waals surface area contributed by atoms with Crippen LogP contribution in [0, 0.1) is 5.82 Å². The van der Waals surface area contributed by atoms with Gasteiger partial charge in [-0.1, -0.05) is 0 Å². The second-order valence-electron chi connectivity index (χ2n) is 2.88. The molecule has 0 radical (unpaired) electrons. The summed E-state index contributed by atoms with van der Waals surface area (Å²) in [5, 5.41) is 3.15. The number of hydrogen-bond donors (Lipinski definition) is 1. The monoisotopic (exact) mass is 266 g/mol. The van der Waals surface area contributed by atoms with E-state index in [9.17, 15) is 4.39 Å². The molecule has 0 spiro atoms. The van der Waals surface area contributed by atoms with E-state index < -0.39 is 0 Å². The summed E-state index contributed by atoms with van der Waals surface area (Å²) in [5.41, 5.74) is 0.954. The maximum atomic E-state index is 12.6. The van der Waals surface area contributed by atoms with Crippen LogP contribution in [0.3, 0.4) is 0 Å². The summed E-state index contributed by atoms with van der Waals surface area (Å²) in [5.74, 6) is 0.151. The van der Waals surface area contributed by atoms with E-state index in [0.29, 0.717) is 5.92 Å². The van der Waals surface area contributed by atoms with Crippen molar-refractivity contribution in [2.24, 2.45) is 0 Å². The Morgan fingerprint density at radius 3 is 2.69 bits per heavy atom. The number of aromatic nitrogens is 1. The van der Waals surface area contributed by atoms with Gasteiger partial charge in [-0.2, -0.15) is 0 Å². The number of halogens is 3. The van der Waals surface area contributed by atoms with Crippen molar-refractivity contribution in [3.63, 3.8) is 0 Å². The predicted molar refractivity (Wildman–Crippen MR) is 54.8 cm³/mol. The molecule has 0 saturated carbocycles. The van der Waals surface area contributed by atoms with Crippen LogP contribution in [0.15, 0.2) is 16.7 Å². The minimum Gasteiger partial charge on any atom is -0.315 e. The molecule has 2 heterocycles. The molecule has 1 N–H and O–H groups in total. The van der Waals surface area contributed by atoms with E-state index >= 15 is 0 Å². The Hall–Kier alpha value is -0.190. The molecule has 1 saturated heterocycles. The van der Waals surface area contributed by atoms with Gasteiger partial charge in [-0.05, 0) is 22.0 Å². The lowest BCUT2D eigenvalue weighted by atomic mass is 9.99. The third-order valence-electron chi connectivity index (χ3n) is 2.00. The highest BCUT2D eigenvalue weighted by atomic mass is 79.9. The van der Waals surface area contributed by atoms with Gasteiger partial charge in [0.15, 0.2) is 0 Å². The molecule has 13 heavy (non-hydrogen) atoms. The third-order valence-corrected chi connectivity index (χ3v) is 2.64. The maximum Gasteiger partial charge on any atom is 0.142 e. The van der Waals surface area contributed by atoms with Crippen LogP contribution in [0.5, 0.6) is 0 Å². The quantitative estimate of drug-likeness (QED) is 0.843. The van der Waals surface area contributed by atoms with Gasteiger partial charge < -0.3 is 5.32 Å². The Kier molecular flexibility index (Phi) is 3.64. The molecular formula is C8H9BrClFN2. The summed E-state index contributed by atoms with van der Waals surface area (Å²) in [4.78, 5) is 4.04. The van der Waals surface area contributed by atoms with E-state index in [-0.39, 0.29) is 18.2 Å². The summed E-state index contributed by atoms with van der Waals surface area (Å²) >= 11 is 3.29. The Balaban J connectivity index is 0.000000845. The SMILES string of the molecule is Cl.Fc1cnc(C2CNC2)c(Br)c1. The zero-order valence-corrected chi connectivity index (χ0v) is 9.16. The Morgan fingerprint density at radius 2 is 2.23 bits per heavy atom. The van der Waals surface area contributed by atoms with Crippen LogP contribution >= 0.6 is 28.3 Å². The molecule has 0 amide bonds. The van der Waals surface area contributed by atoms with Crippen LogP contribution in [0.25, 0.3) is 0 Å². The van der Waals surface area contributed by atoms with E-state index in [2.05, 4.69) is 26.2 Å². The van der Waals surface area contributed by atoms with Crippen molar-refractivity contribution < 1.29 is 4.39 Å². The van der Waals surface area contributed by atoms with Gasteiger partial charge in [-0.25, -0.2) is 4.39 Å². The standard InChI is InChI=1S/C8H8BrFN2.ClH/c9-7-1-6(10)4-12-8(7)5-2-11-3-5;/h1,4-5,11H,2-3H2;1H. The summed E-state index contributed by atoms with van der Waals surface area (Å²) < 4.78 is 13.4. The third kappa shape index (κ3) is 2.18. The molecule has 1 aromatic rings. The lowest BCUT2D eigenvalue weighted by Gasteiger charge is -2.27. The van der Waals surface area contributed by atoms with E-state index in [1.54, 1.807) is 0 Å². The normalized spacial score (nSPS) is 16.2. The first-order valence-corrected chi connectivity index (χ1v) is 4.58. The molecule has 1 aliphatic heterocycles. The van der Waals surface area contributed by atoms with E-state index in [0.717, 1.165) is 23.3 Å². The molecule has 0 aliphatic carbocycles. The van der Waals surface area contributed by atoms with Gasteiger partial charge in [0, 0.05) is 23.5 Å². The van der Waals surface area contributed by atoms with Crippen molar-refractivity contribution >= 4 is 28.3 Å². The van der Waals surface area contributed by atoms with Gasteiger partial charge in [0.05, 0.1) is 11.9 Å². The molecule has 0 atom stereocenters. The van der Waals surface area contributed by atoms with Crippen molar-refractivity contribution in [2.45, 2.75) is 5.92 Å². The smallest absolute Gasteiger partial charge is 0.142 e. The highest BCUT2D eigenvalue weighted by molar-refractivity contribution is 9.10. The van der Waals surface area contributed by atoms with Crippen molar-refractivity contribution in [3.05, 3.63) is 28.2 Å². The van der Waals surface area contributed by atoms with Crippen LogP contribution < -0.4 is 5.32 Å². The van der Waals surface area contributed by atoms with Gasteiger partial charge in [-0.3, -0.25) is 4.98 Å². The first-order chi connectivity index (χ1) is 5.77. The molecule has 2 rings (SSSR count). The summed E-state index contributed by atoms with van der Waals surface area (Å²) in [6.45, 7) is 1.88. The first-order valence-electron chi connectivity index (χ1n) is 3.79. The zero-order chi connectivity index (χ0) is 8.55.